The molecule has 0 N–H and O–H groups in total. The number of benzene rings is 7. The van der Waals surface area contributed by atoms with Crippen molar-refractivity contribution in [1.82, 2.24) is 0 Å². The van der Waals surface area contributed by atoms with Gasteiger partial charge in [0.1, 0.15) is 11.5 Å². The summed E-state index contributed by atoms with van der Waals surface area (Å²) in [7, 11) is 0. The number of para-hydroxylation sites is 4. The summed E-state index contributed by atoms with van der Waals surface area (Å²) in [4.78, 5) is 4.59. The highest BCUT2D eigenvalue weighted by molar-refractivity contribution is 6.09. The first kappa shape index (κ1) is 25.0. The summed E-state index contributed by atoms with van der Waals surface area (Å²) in [5, 5.41) is 2.25. The van der Waals surface area contributed by atoms with Crippen molar-refractivity contribution in [2.24, 2.45) is 0 Å². The number of rotatable bonds is 6. The van der Waals surface area contributed by atoms with Crippen LogP contribution in [0.15, 0.2) is 170 Å². The van der Waals surface area contributed by atoms with Gasteiger partial charge in [-0.05, 0) is 77.7 Å². The summed E-state index contributed by atoms with van der Waals surface area (Å²) in [5.74, 6) is 1.70. The monoisotopic (exact) mass is 552 g/mol. The van der Waals surface area contributed by atoms with Crippen LogP contribution in [0, 0.1) is 0 Å². The second-order valence-electron chi connectivity index (χ2n) is 10.6. The normalized spacial score (nSPS) is 11.4. The second kappa shape index (κ2) is 10.6. The fraction of sp³-hybridized carbons (Fsp3) is 0. The molecule has 0 radical (unpaired) electrons. The van der Waals surface area contributed by atoms with Gasteiger partial charge in [-0.25, -0.2) is 0 Å². The Bertz CT molecular complexity index is 1960. The van der Waals surface area contributed by atoms with Gasteiger partial charge in [0.05, 0.1) is 11.4 Å². The van der Waals surface area contributed by atoms with E-state index < -0.39 is 0 Å². The maximum atomic E-state index is 6.82. The molecule has 0 amide bonds. The van der Waals surface area contributed by atoms with Gasteiger partial charge in [-0.3, -0.25) is 0 Å². The first-order valence-electron chi connectivity index (χ1n) is 14.5. The zero-order valence-corrected chi connectivity index (χ0v) is 23.5. The van der Waals surface area contributed by atoms with Gasteiger partial charge in [0, 0.05) is 39.8 Å². The molecule has 0 bridgehead atoms. The lowest BCUT2D eigenvalue weighted by molar-refractivity contribution is 0.487. The summed E-state index contributed by atoms with van der Waals surface area (Å²) in [6.07, 6.45) is 0. The Morgan fingerprint density at radius 2 is 0.884 bits per heavy atom. The van der Waals surface area contributed by atoms with E-state index in [9.17, 15) is 0 Å². The van der Waals surface area contributed by atoms with Gasteiger partial charge in [0.15, 0.2) is 0 Å². The van der Waals surface area contributed by atoms with Crippen LogP contribution < -0.4 is 14.5 Å². The summed E-state index contributed by atoms with van der Waals surface area (Å²) in [6, 6.07) is 59.4. The molecular weight excluding hydrogens is 524 g/mol. The van der Waals surface area contributed by atoms with Crippen molar-refractivity contribution >= 4 is 44.9 Å². The van der Waals surface area contributed by atoms with Crippen LogP contribution in [0.2, 0.25) is 0 Å². The number of nitrogens with zero attached hydrogens (tertiary/aromatic N) is 2. The standard InChI is InChI=1S/C40H28N2O/c1-5-16-30(17-6-1)41(31-18-7-2-8-19-31)34-27-29-15-13-24-35-39(29)38(28-34)43-37-26-14-25-36(40(35)37)42(32-20-9-3-10-21-32)33-22-11-4-12-23-33/h1-28H. The molecule has 0 spiro atoms. The molecule has 0 aliphatic carbocycles. The van der Waals surface area contributed by atoms with Crippen LogP contribution in [0.5, 0.6) is 11.5 Å². The fourth-order valence-corrected chi connectivity index (χ4v) is 6.15. The predicted octanol–water partition coefficient (Wildman–Crippen LogP) is 11.6. The molecule has 0 saturated heterocycles. The summed E-state index contributed by atoms with van der Waals surface area (Å²) in [5.41, 5.74) is 8.75. The van der Waals surface area contributed by atoms with E-state index in [4.69, 9.17) is 4.74 Å². The van der Waals surface area contributed by atoms with Gasteiger partial charge in [-0.2, -0.15) is 0 Å². The second-order valence-corrected chi connectivity index (χ2v) is 10.6. The lowest BCUT2D eigenvalue weighted by atomic mass is 9.92. The molecule has 0 saturated carbocycles. The minimum atomic E-state index is 0.845. The maximum absolute atomic E-state index is 6.82. The lowest BCUT2D eigenvalue weighted by Crippen LogP contribution is -2.13. The Hall–Kier alpha value is -5.80. The average molecular weight is 553 g/mol. The maximum Gasteiger partial charge on any atom is 0.138 e. The van der Waals surface area contributed by atoms with E-state index in [0.717, 1.165) is 62.0 Å². The van der Waals surface area contributed by atoms with Crippen LogP contribution in [0.4, 0.5) is 34.1 Å². The Morgan fingerprint density at radius 3 is 1.44 bits per heavy atom. The molecule has 43 heavy (non-hydrogen) atoms. The van der Waals surface area contributed by atoms with Gasteiger partial charge in [-0.1, -0.05) is 97.1 Å². The predicted molar refractivity (Wildman–Crippen MR) is 179 cm³/mol. The number of hydrogen-bond acceptors (Lipinski definition) is 3. The molecule has 3 nitrogen and oxygen atoms in total. The van der Waals surface area contributed by atoms with Crippen molar-refractivity contribution in [3.8, 4) is 22.6 Å². The number of fused-ring (bicyclic) bond motifs is 2. The molecule has 7 aromatic carbocycles. The largest absolute Gasteiger partial charge is 0.456 e. The number of ether oxygens (including phenoxy) is 1. The zero-order valence-electron chi connectivity index (χ0n) is 23.5. The third-order valence-corrected chi connectivity index (χ3v) is 7.98. The van der Waals surface area contributed by atoms with Crippen molar-refractivity contribution in [1.29, 1.82) is 0 Å². The van der Waals surface area contributed by atoms with E-state index in [0.29, 0.717) is 0 Å². The Balaban J connectivity index is 1.34. The van der Waals surface area contributed by atoms with E-state index in [2.05, 4.69) is 180 Å². The SMILES string of the molecule is c1ccc(N(c2ccccc2)c2cc3c4c(cccc4c2)-c2c(cccc2N(c2ccccc2)c2ccccc2)O3)cc1. The molecule has 0 unspecified atom stereocenters. The van der Waals surface area contributed by atoms with Gasteiger partial charge < -0.3 is 14.5 Å². The summed E-state index contributed by atoms with van der Waals surface area (Å²) < 4.78 is 6.82. The van der Waals surface area contributed by atoms with Crippen LogP contribution in [-0.4, -0.2) is 0 Å². The quantitative estimate of drug-likeness (QED) is 0.204. The van der Waals surface area contributed by atoms with Crippen LogP contribution in [-0.2, 0) is 0 Å². The molecule has 8 rings (SSSR count). The molecule has 1 heterocycles. The van der Waals surface area contributed by atoms with Crippen LogP contribution in [0.3, 0.4) is 0 Å². The topological polar surface area (TPSA) is 15.7 Å². The zero-order chi connectivity index (χ0) is 28.6. The van der Waals surface area contributed by atoms with Crippen LogP contribution in [0.25, 0.3) is 21.9 Å². The summed E-state index contributed by atoms with van der Waals surface area (Å²) in [6.45, 7) is 0. The van der Waals surface area contributed by atoms with Crippen molar-refractivity contribution in [2.75, 3.05) is 9.80 Å². The molecule has 1 aliphatic heterocycles. The number of anilines is 6. The summed E-state index contributed by atoms with van der Waals surface area (Å²) >= 11 is 0. The average Bonchev–Trinajstić information content (AvgIpc) is 3.07. The van der Waals surface area contributed by atoms with Crippen LogP contribution >= 0.6 is 0 Å². The highest BCUT2D eigenvalue weighted by atomic mass is 16.5. The smallest absolute Gasteiger partial charge is 0.138 e. The van der Waals surface area contributed by atoms with Gasteiger partial charge in [-0.15, -0.1) is 0 Å². The minimum Gasteiger partial charge on any atom is -0.456 e. The molecule has 3 heteroatoms. The van der Waals surface area contributed by atoms with Gasteiger partial charge in [0.2, 0.25) is 0 Å². The van der Waals surface area contributed by atoms with E-state index in [1.807, 2.05) is 0 Å². The number of hydrogen-bond donors (Lipinski definition) is 0. The fourth-order valence-electron chi connectivity index (χ4n) is 6.15. The lowest BCUT2D eigenvalue weighted by Gasteiger charge is -2.32. The first-order valence-corrected chi connectivity index (χ1v) is 14.5. The van der Waals surface area contributed by atoms with Crippen molar-refractivity contribution < 1.29 is 4.74 Å². The van der Waals surface area contributed by atoms with E-state index in [1.54, 1.807) is 0 Å². The minimum absolute atomic E-state index is 0.845. The Kier molecular flexibility index (Phi) is 6.12. The van der Waals surface area contributed by atoms with Gasteiger partial charge >= 0.3 is 0 Å². The molecular formula is C40H28N2O. The Morgan fingerprint density at radius 1 is 0.372 bits per heavy atom. The van der Waals surface area contributed by atoms with E-state index >= 15 is 0 Å². The third-order valence-electron chi connectivity index (χ3n) is 7.98. The highest BCUT2D eigenvalue weighted by Crippen LogP contribution is 2.54. The van der Waals surface area contributed by atoms with Crippen LogP contribution in [0.1, 0.15) is 0 Å². The van der Waals surface area contributed by atoms with Crippen molar-refractivity contribution in [3.05, 3.63) is 170 Å². The van der Waals surface area contributed by atoms with Crippen molar-refractivity contribution in [3.63, 3.8) is 0 Å². The molecule has 204 valence electrons. The molecule has 0 atom stereocenters. The third kappa shape index (κ3) is 4.39. The molecule has 1 aliphatic rings. The highest BCUT2D eigenvalue weighted by Gasteiger charge is 2.27. The van der Waals surface area contributed by atoms with Gasteiger partial charge in [0.25, 0.3) is 0 Å². The van der Waals surface area contributed by atoms with Crippen molar-refractivity contribution in [2.45, 2.75) is 0 Å². The molecule has 0 aromatic heterocycles. The first-order chi connectivity index (χ1) is 21.3. The van der Waals surface area contributed by atoms with E-state index in [-0.39, 0.29) is 0 Å². The van der Waals surface area contributed by atoms with E-state index in [1.165, 1.54) is 5.56 Å². The molecule has 0 fully saturated rings. The Labute approximate surface area is 251 Å². The molecule has 7 aromatic rings.